The largest absolute Gasteiger partial charge is 0.433 e. The number of aryl methyl sites for hydroxylation is 1. The number of amides is 2. The zero-order valence-electron chi connectivity index (χ0n) is 13.9. The topological polar surface area (TPSA) is 115 Å². The molecule has 142 valence electrons. The third-order valence-electron chi connectivity index (χ3n) is 4.18. The molecule has 8 nitrogen and oxygen atoms in total. The van der Waals surface area contributed by atoms with Gasteiger partial charge in [0, 0.05) is 17.3 Å². The normalized spacial score (nSPS) is 13.7. The number of primary amides is 1. The first-order valence-electron chi connectivity index (χ1n) is 8.00. The molecule has 0 saturated heterocycles. The highest BCUT2D eigenvalue weighted by Gasteiger charge is 2.39. The summed E-state index contributed by atoms with van der Waals surface area (Å²) in [6.45, 7) is 0. The number of fused-ring (bicyclic) bond motifs is 1. The van der Waals surface area contributed by atoms with Gasteiger partial charge in [0.2, 0.25) is 5.95 Å². The standard InChI is InChI=1S/C16H14F3N5O3/c17-16(18,19)13-9-5-1-2-6-10(9)21-15(22-13)23(14(20)25)11-7-3-4-8-12(11)24(26)27/h3-4,7-8H,1-2,5-6H2,(H2,20,25). The fourth-order valence-electron chi connectivity index (χ4n) is 3.05. The van der Waals surface area contributed by atoms with Crippen LogP contribution >= 0.6 is 0 Å². The van der Waals surface area contributed by atoms with E-state index in [2.05, 4.69) is 9.97 Å². The second-order valence-electron chi connectivity index (χ2n) is 5.92. The highest BCUT2D eigenvalue weighted by molar-refractivity contribution is 5.98. The van der Waals surface area contributed by atoms with Crippen LogP contribution in [0.15, 0.2) is 24.3 Å². The number of carbonyl (C=O) groups is 1. The Labute approximate surface area is 151 Å². The number of carbonyl (C=O) groups excluding carboxylic acids is 1. The average molecular weight is 381 g/mol. The summed E-state index contributed by atoms with van der Waals surface area (Å²) in [5, 5.41) is 11.2. The van der Waals surface area contributed by atoms with Crippen LogP contribution in [0, 0.1) is 10.1 Å². The van der Waals surface area contributed by atoms with Gasteiger partial charge in [0.1, 0.15) is 5.69 Å². The number of alkyl halides is 3. The second-order valence-corrected chi connectivity index (χ2v) is 5.92. The molecule has 1 heterocycles. The minimum absolute atomic E-state index is 0.00974. The first-order valence-corrected chi connectivity index (χ1v) is 8.00. The van der Waals surface area contributed by atoms with Crippen LogP contribution in [0.1, 0.15) is 29.8 Å². The number of nitro groups is 1. The predicted molar refractivity (Wildman–Crippen MR) is 88.5 cm³/mol. The van der Waals surface area contributed by atoms with Gasteiger partial charge in [-0.15, -0.1) is 0 Å². The molecule has 1 aromatic heterocycles. The summed E-state index contributed by atoms with van der Waals surface area (Å²) in [6.07, 6.45) is -3.08. The molecular weight excluding hydrogens is 367 g/mol. The van der Waals surface area contributed by atoms with Crippen LogP contribution in [0.5, 0.6) is 0 Å². The Morgan fingerprint density at radius 2 is 1.85 bits per heavy atom. The van der Waals surface area contributed by atoms with E-state index in [-0.39, 0.29) is 29.8 Å². The Morgan fingerprint density at radius 3 is 2.48 bits per heavy atom. The van der Waals surface area contributed by atoms with Crippen molar-refractivity contribution in [1.29, 1.82) is 0 Å². The molecule has 0 atom stereocenters. The zero-order chi connectivity index (χ0) is 19.8. The molecule has 1 aromatic carbocycles. The van der Waals surface area contributed by atoms with Gasteiger partial charge in [-0.25, -0.2) is 19.7 Å². The molecule has 0 aliphatic heterocycles. The summed E-state index contributed by atoms with van der Waals surface area (Å²) in [5.74, 6) is -0.634. The van der Waals surface area contributed by atoms with E-state index in [1.54, 1.807) is 0 Å². The molecule has 0 unspecified atom stereocenters. The number of para-hydroxylation sites is 2. The van der Waals surface area contributed by atoms with Crippen LogP contribution in [0.4, 0.5) is 35.3 Å². The van der Waals surface area contributed by atoms with Crippen LogP contribution in [0.3, 0.4) is 0 Å². The van der Waals surface area contributed by atoms with E-state index in [0.717, 1.165) is 6.07 Å². The van der Waals surface area contributed by atoms with Crippen LogP contribution < -0.4 is 10.6 Å². The number of nitro benzene ring substituents is 1. The Kier molecular flexibility index (Phi) is 4.68. The maximum absolute atomic E-state index is 13.5. The lowest BCUT2D eigenvalue weighted by Gasteiger charge is -2.24. The lowest BCUT2D eigenvalue weighted by Crippen LogP contribution is -2.34. The lowest BCUT2D eigenvalue weighted by atomic mass is 9.94. The van der Waals surface area contributed by atoms with Gasteiger partial charge in [-0.3, -0.25) is 10.1 Å². The summed E-state index contributed by atoms with van der Waals surface area (Å²) in [4.78, 5) is 30.6. The molecule has 0 fully saturated rings. The number of hydrogen-bond acceptors (Lipinski definition) is 5. The minimum atomic E-state index is -4.76. The SMILES string of the molecule is NC(=O)N(c1nc2c(c(C(F)(F)F)n1)CCCC2)c1ccccc1[N+](=O)[O-]. The Morgan fingerprint density at radius 1 is 1.19 bits per heavy atom. The van der Waals surface area contributed by atoms with E-state index in [0.29, 0.717) is 17.7 Å². The van der Waals surface area contributed by atoms with Crippen LogP contribution in [0.2, 0.25) is 0 Å². The highest BCUT2D eigenvalue weighted by atomic mass is 19.4. The molecular formula is C16H14F3N5O3. The maximum atomic E-state index is 13.5. The number of aromatic nitrogens is 2. The molecule has 27 heavy (non-hydrogen) atoms. The monoisotopic (exact) mass is 381 g/mol. The van der Waals surface area contributed by atoms with Crippen molar-refractivity contribution in [3.05, 3.63) is 51.3 Å². The van der Waals surface area contributed by atoms with Crippen LogP contribution in [0.25, 0.3) is 0 Å². The summed E-state index contributed by atoms with van der Waals surface area (Å²) in [5.41, 5.74) is 3.51. The number of hydrogen-bond donors (Lipinski definition) is 1. The fourth-order valence-corrected chi connectivity index (χ4v) is 3.05. The Hall–Kier alpha value is -3.24. The second kappa shape index (κ2) is 6.82. The lowest BCUT2D eigenvalue weighted by molar-refractivity contribution is -0.384. The van der Waals surface area contributed by atoms with Crippen molar-refractivity contribution < 1.29 is 22.9 Å². The first-order chi connectivity index (χ1) is 12.7. The Bertz CT molecular complexity index is 917. The van der Waals surface area contributed by atoms with Gasteiger partial charge < -0.3 is 5.73 Å². The minimum Gasteiger partial charge on any atom is -0.351 e. The van der Waals surface area contributed by atoms with Gasteiger partial charge >= 0.3 is 12.2 Å². The molecule has 2 aromatic rings. The average Bonchev–Trinajstić information content (AvgIpc) is 2.60. The smallest absolute Gasteiger partial charge is 0.351 e. The molecule has 1 aliphatic carbocycles. The van der Waals surface area contributed by atoms with Crippen molar-refractivity contribution >= 4 is 23.4 Å². The van der Waals surface area contributed by atoms with Crippen LogP contribution in [-0.4, -0.2) is 20.9 Å². The maximum Gasteiger partial charge on any atom is 0.433 e. The molecule has 0 radical (unpaired) electrons. The number of benzene rings is 1. The van der Waals surface area contributed by atoms with Gasteiger partial charge in [-0.1, -0.05) is 12.1 Å². The van der Waals surface area contributed by atoms with Crippen molar-refractivity contribution in [2.24, 2.45) is 5.73 Å². The number of nitrogens with zero attached hydrogens (tertiary/aromatic N) is 4. The van der Waals surface area contributed by atoms with Crippen molar-refractivity contribution in [2.45, 2.75) is 31.9 Å². The number of rotatable bonds is 3. The molecule has 1 aliphatic rings. The molecule has 0 saturated carbocycles. The van der Waals surface area contributed by atoms with Crippen molar-refractivity contribution in [2.75, 3.05) is 4.90 Å². The summed E-state index contributed by atoms with van der Waals surface area (Å²) in [6, 6.07) is 3.82. The number of nitrogens with two attached hydrogens (primary N) is 1. The highest BCUT2D eigenvalue weighted by Crippen LogP contribution is 2.38. The van der Waals surface area contributed by atoms with E-state index in [4.69, 9.17) is 5.73 Å². The van der Waals surface area contributed by atoms with E-state index in [1.165, 1.54) is 18.2 Å². The van der Waals surface area contributed by atoms with E-state index in [1.807, 2.05) is 0 Å². The van der Waals surface area contributed by atoms with Crippen molar-refractivity contribution in [3.8, 4) is 0 Å². The Balaban J connectivity index is 2.24. The van der Waals surface area contributed by atoms with E-state index < -0.39 is 34.5 Å². The molecule has 0 bridgehead atoms. The quantitative estimate of drug-likeness (QED) is 0.645. The van der Waals surface area contributed by atoms with Gasteiger partial charge in [-0.2, -0.15) is 13.2 Å². The third kappa shape index (κ3) is 3.52. The van der Waals surface area contributed by atoms with Gasteiger partial charge in [-0.05, 0) is 31.7 Å². The number of urea groups is 1. The predicted octanol–water partition coefficient (Wildman–Crippen LogP) is 3.50. The van der Waals surface area contributed by atoms with E-state index in [9.17, 15) is 28.1 Å². The third-order valence-corrected chi connectivity index (χ3v) is 4.18. The number of halogens is 3. The molecule has 0 spiro atoms. The fraction of sp³-hybridized carbons (Fsp3) is 0.312. The summed E-state index contributed by atoms with van der Waals surface area (Å²) >= 11 is 0. The van der Waals surface area contributed by atoms with E-state index >= 15 is 0 Å². The van der Waals surface area contributed by atoms with Crippen molar-refractivity contribution in [1.82, 2.24) is 9.97 Å². The van der Waals surface area contributed by atoms with Crippen LogP contribution in [-0.2, 0) is 19.0 Å². The van der Waals surface area contributed by atoms with Gasteiger partial charge in [0.25, 0.3) is 5.69 Å². The first kappa shape index (κ1) is 18.5. The molecule has 2 amide bonds. The zero-order valence-corrected chi connectivity index (χ0v) is 13.9. The summed E-state index contributed by atoms with van der Waals surface area (Å²) in [7, 11) is 0. The molecule has 3 rings (SSSR count). The van der Waals surface area contributed by atoms with Gasteiger partial charge in [0.05, 0.1) is 4.92 Å². The molecule has 11 heteroatoms. The number of anilines is 2. The summed E-state index contributed by atoms with van der Waals surface area (Å²) < 4.78 is 40.5. The molecule has 2 N–H and O–H groups in total. The van der Waals surface area contributed by atoms with Gasteiger partial charge in [0.15, 0.2) is 5.69 Å². The van der Waals surface area contributed by atoms with Crippen molar-refractivity contribution in [3.63, 3.8) is 0 Å².